The Balaban J connectivity index is 0.00000190. The Labute approximate surface area is 171 Å². The van der Waals surface area contributed by atoms with Crippen LogP contribution in [0.3, 0.4) is 0 Å². The average molecular weight is 394 g/mol. The van der Waals surface area contributed by atoms with E-state index in [0.29, 0.717) is 25.6 Å². The topological polar surface area (TPSA) is 54.9 Å². The van der Waals surface area contributed by atoms with Crippen molar-refractivity contribution in [1.29, 1.82) is 0 Å². The zero-order valence-corrected chi connectivity index (χ0v) is 19.0. The molecule has 0 bridgehead atoms. The molecule has 0 aliphatic carbocycles. The van der Waals surface area contributed by atoms with Crippen molar-refractivity contribution in [1.82, 2.24) is 14.8 Å². The number of ether oxygens (including phenoxy) is 2. The molecule has 0 atom stereocenters. The van der Waals surface area contributed by atoms with Crippen LogP contribution in [0.2, 0.25) is 0 Å². The van der Waals surface area contributed by atoms with E-state index < -0.39 is 5.60 Å². The number of nitrogens with zero attached hydrogens (tertiary/aromatic N) is 3. The summed E-state index contributed by atoms with van der Waals surface area (Å²) < 4.78 is 11.5. The lowest BCUT2D eigenvalue weighted by molar-refractivity contribution is 0.0203. The van der Waals surface area contributed by atoms with E-state index in [0.717, 1.165) is 36.4 Å². The van der Waals surface area contributed by atoms with Crippen molar-refractivity contribution in [3.8, 4) is 5.75 Å². The number of amides is 1. The molecule has 1 fully saturated rings. The summed E-state index contributed by atoms with van der Waals surface area (Å²) >= 11 is 0. The Bertz CT molecular complexity index is 604. The zero-order valence-electron chi connectivity index (χ0n) is 19.0. The van der Waals surface area contributed by atoms with Gasteiger partial charge < -0.3 is 19.3 Å². The Morgan fingerprint density at radius 2 is 1.86 bits per heavy atom. The van der Waals surface area contributed by atoms with Crippen LogP contribution in [-0.2, 0) is 4.74 Å². The van der Waals surface area contributed by atoms with E-state index in [9.17, 15) is 4.79 Å². The van der Waals surface area contributed by atoms with Crippen LogP contribution >= 0.6 is 0 Å². The quantitative estimate of drug-likeness (QED) is 0.739. The second-order valence-electron chi connectivity index (χ2n) is 8.29. The highest BCUT2D eigenvalue weighted by Gasteiger charge is 2.29. The minimum absolute atomic E-state index is 0.227. The lowest BCUT2D eigenvalue weighted by atomic mass is 9.92. The first kappa shape index (κ1) is 24.2. The molecule has 0 saturated carbocycles. The van der Waals surface area contributed by atoms with Crippen LogP contribution < -0.4 is 4.74 Å². The van der Waals surface area contributed by atoms with E-state index >= 15 is 0 Å². The third kappa shape index (κ3) is 8.05. The number of piperidine rings is 1. The molecule has 0 unspecified atom stereocenters. The summed E-state index contributed by atoms with van der Waals surface area (Å²) in [7, 11) is 4.07. The predicted molar refractivity (Wildman–Crippen MR) is 114 cm³/mol. The van der Waals surface area contributed by atoms with Gasteiger partial charge in [-0.2, -0.15) is 0 Å². The van der Waals surface area contributed by atoms with Crippen LogP contribution in [0.5, 0.6) is 5.75 Å². The van der Waals surface area contributed by atoms with Gasteiger partial charge in [0.05, 0.1) is 5.69 Å². The maximum Gasteiger partial charge on any atom is 0.410 e. The Morgan fingerprint density at radius 3 is 2.39 bits per heavy atom. The SMILES string of the molecule is CC.Cc1cnc(C2CCN(C(=O)OC(C)(C)C)CC2)c(OCCN(C)C)c1. The van der Waals surface area contributed by atoms with E-state index in [1.54, 1.807) is 4.90 Å². The first-order chi connectivity index (χ1) is 13.2. The largest absolute Gasteiger partial charge is 0.490 e. The van der Waals surface area contributed by atoms with E-state index in [-0.39, 0.29) is 6.09 Å². The van der Waals surface area contributed by atoms with Gasteiger partial charge in [-0.1, -0.05) is 13.8 Å². The van der Waals surface area contributed by atoms with Gasteiger partial charge in [0, 0.05) is 31.7 Å². The highest BCUT2D eigenvalue weighted by molar-refractivity contribution is 5.68. The summed E-state index contributed by atoms with van der Waals surface area (Å²) in [6, 6.07) is 2.07. The zero-order chi connectivity index (χ0) is 21.3. The third-order valence-corrected chi connectivity index (χ3v) is 4.35. The number of pyridine rings is 1. The number of rotatable bonds is 5. The Kier molecular flexibility index (Phi) is 9.73. The normalized spacial score (nSPS) is 15.1. The van der Waals surface area contributed by atoms with Crippen LogP contribution in [0.25, 0.3) is 0 Å². The molecule has 0 N–H and O–H groups in total. The smallest absolute Gasteiger partial charge is 0.410 e. The Hall–Kier alpha value is -1.82. The van der Waals surface area contributed by atoms with Crippen molar-refractivity contribution in [2.75, 3.05) is 40.3 Å². The predicted octanol–water partition coefficient (Wildman–Crippen LogP) is 4.47. The van der Waals surface area contributed by atoms with E-state index in [2.05, 4.69) is 16.0 Å². The number of carbonyl (C=O) groups excluding carboxylic acids is 1. The molecule has 1 aromatic heterocycles. The van der Waals surface area contributed by atoms with Gasteiger partial charge in [0.2, 0.25) is 0 Å². The summed E-state index contributed by atoms with van der Waals surface area (Å²) in [4.78, 5) is 20.8. The maximum atomic E-state index is 12.2. The van der Waals surface area contributed by atoms with Gasteiger partial charge in [-0.15, -0.1) is 0 Å². The first-order valence-electron chi connectivity index (χ1n) is 10.4. The molecule has 1 saturated heterocycles. The summed E-state index contributed by atoms with van der Waals surface area (Å²) in [6.07, 6.45) is 3.42. The Morgan fingerprint density at radius 1 is 1.25 bits per heavy atom. The number of aromatic nitrogens is 1. The van der Waals surface area contributed by atoms with Gasteiger partial charge in [0.1, 0.15) is 18.0 Å². The molecule has 0 aromatic carbocycles. The molecular weight excluding hydrogens is 354 g/mol. The van der Waals surface area contributed by atoms with Gasteiger partial charge in [-0.25, -0.2) is 4.79 Å². The number of hydrogen-bond donors (Lipinski definition) is 0. The fraction of sp³-hybridized carbons (Fsp3) is 0.727. The van der Waals surface area contributed by atoms with Crippen LogP contribution in [0.15, 0.2) is 12.3 Å². The molecule has 2 rings (SSSR count). The minimum Gasteiger partial charge on any atom is -0.490 e. The maximum absolute atomic E-state index is 12.2. The molecule has 2 heterocycles. The van der Waals surface area contributed by atoms with Gasteiger partial charge in [-0.3, -0.25) is 4.98 Å². The summed E-state index contributed by atoms with van der Waals surface area (Å²) in [6.45, 7) is 14.6. The summed E-state index contributed by atoms with van der Waals surface area (Å²) in [5.41, 5.74) is 1.65. The lowest BCUT2D eigenvalue weighted by Gasteiger charge is -2.33. The first-order valence-corrected chi connectivity index (χ1v) is 10.4. The second-order valence-corrected chi connectivity index (χ2v) is 8.29. The van der Waals surface area contributed by atoms with Crippen LogP contribution in [0, 0.1) is 6.92 Å². The molecule has 1 aromatic rings. The van der Waals surface area contributed by atoms with Crippen molar-refractivity contribution in [2.45, 2.75) is 65.9 Å². The molecule has 0 spiro atoms. The number of likely N-dealkylation sites (N-methyl/N-ethyl adjacent to an activating group) is 1. The standard InChI is InChI=1S/C20H33N3O3.C2H6/c1-15-13-17(25-12-11-22(5)6)18(21-14-15)16-7-9-23(10-8-16)19(24)26-20(2,3)4;1-2/h13-14,16H,7-12H2,1-6H3;1-2H3. The molecule has 1 amide bonds. The molecule has 6 nitrogen and oxygen atoms in total. The van der Waals surface area contributed by atoms with Gasteiger partial charge >= 0.3 is 6.09 Å². The highest BCUT2D eigenvalue weighted by atomic mass is 16.6. The van der Waals surface area contributed by atoms with Crippen LogP contribution in [0.1, 0.15) is 64.6 Å². The van der Waals surface area contributed by atoms with Crippen molar-refractivity contribution in [3.05, 3.63) is 23.5 Å². The van der Waals surface area contributed by atoms with Crippen molar-refractivity contribution < 1.29 is 14.3 Å². The molecule has 6 heteroatoms. The van der Waals surface area contributed by atoms with Gasteiger partial charge in [0.25, 0.3) is 0 Å². The van der Waals surface area contributed by atoms with Gasteiger partial charge in [-0.05, 0) is 66.3 Å². The van der Waals surface area contributed by atoms with Crippen LogP contribution in [-0.4, -0.2) is 66.8 Å². The lowest BCUT2D eigenvalue weighted by Crippen LogP contribution is -2.41. The van der Waals surface area contributed by atoms with Gasteiger partial charge in [0.15, 0.2) is 0 Å². The molecule has 28 heavy (non-hydrogen) atoms. The highest BCUT2D eigenvalue weighted by Crippen LogP contribution is 2.33. The molecular formula is C22H39N3O3. The number of carbonyl (C=O) groups is 1. The number of likely N-dealkylation sites (tertiary alicyclic amines) is 1. The van der Waals surface area contributed by atoms with Crippen molar-refractivity contribution >= 4 is 6.09 Å². The average Bonchev–Trinajstić information content (AvgIpc) is 2.62. The monoisotopic (exact) mass is 393 g/mol. The molecule has 160 valence electrons. The number of aryl methyl sites for hydroxylation is 1. The van der Waals surface area contributed by atoms with E-state index in [1.165, 1.54) is 0 Å². The van der Waals surface area contributed by atoms with Crippen molar-refractivity contribution in [2.24, 2.45) is 0 Å². The molecule has 1 aliphatic rings. The van der Waals surface area contributed by atoms with Crippen molar-refractivity contribution in [3.63, 3.8) is 0 Å². The summed E-state index contributed by atoms with van der Waals surface area (Å²) in [5, 5.41) is 0. The fourth-order valence-corrected chi connectivity index (χ4v) is 2.98. The number of hydrogen-bond acceptors (Lipinski definition) is 5. The third-order valence-electron chi connectivity index (χ3n) is 4.35. The molecule has 0 radical (unpaired) electrons. The second kappa shape index (κ2) is 11.2. The fourth-order valence-electron chi connectivity index (χ4n) is 2.98. The minimum atomic E-state index is -0.458. The molecule has 1 aliphatic heterocycles. The van der Waals surface area contributed by atoms with Crippen LogP contribution in [0.4, 0.5) is 4.79 Å². The summed E-state index contributed by atoms with van der Waals surface area (Å²) in [5.74, 6) is 1.19. The van der Waals surface area contributed by atoms with E-state index in [1.807, 2.05) is 61.8 Å². The van der Waals surface area contributed by atoms with E-state index in [4.69, 9.17) is 9.47 Å².